The molecule has 0 aromatic carbocycles. The normalized spacial score (nSPS) is 12.4. The van der Waals surface area contributed by atoms with Crippen molar-refractivity contribution < 1.29 is 29.7 Å². The molecule has 6 nitrogen and oxygen atoms in total. The molecule has 0 aliphatic heterocycles. The van der Waals surface area contributed by atoms with Crippen LogP contribution in [-0.4, -0.2) is 59.6 Å². The molecule has 0 aliphatic carbocycles. The third-order valence-electron chi connectivity index (χ3n) is 7.40. The molecule has 43 heavy (non-hydrogen) atoms. The van der Waals surface area contributed by atoms with Crippen molar-refractivity contribution >= 4 is 80.2 Å². The smallest absolute Gasteiger partial charge is 0.550 e. The SMILES string of the molecule is CCCCCCCC(CCS)C(=O)[O-].CCCCCCCC(CCS)C(=O)[O-].CCCCCCCC(CCS)C(=O)[O-].[Sb+3]. The van der Waals surface area contributed by atoms with E-state index in [0.29, 0.717) is 36.5 Å². The van der Waals surface area contributed by atoms with Crippen LogP contribution in [0.1, 0.15) is 156 Å². The average molecular weight is 774 g/mol. The summed E-state index contributed by atoms with van der Waals surface area (Å²) in [6, 6.07) is 0. The Kier molecular flexibility index (Phi) is 47.0. The maximum absolute atomic E-state index is 10.7. The van der Waals surface area contributed by atoms with Gasteiger partial charge in [0.25, 0.3) is 0 Å². The summed E-state index contributed by atoms with van der Waals surface area (Å²) in [7, 11) is 0. The zero-order valence-corrected chi connectivity index (χ0v) is 32.7. The van der Waals surface area contributed by atoms with Gasteiger partial charge in [-0.1, -0.05) is 117 Å². The maximum atomic E-state index is 10.7. The van der Waals surface area contributed by atoms with E-state index < -0.39 is 17.9 Å². The number of carbonyl (C=O) groups is 3. The molecule has 3 atom stereocenters. The molecule has 0 bridgehead atoms. The Hall–Kier alpha value is 0.278. The van der Waals surface area contributed by atoms with Gasteiger partial charge in [0.05, 0.1) is 0 Å². The van der Waals surface area contributed by atoms with Gasteiger partial charge >= 0.3 is 24.4 Å². The van der Waals surface area contributed by atoms with Gasteiger partial charge in [-0.25, -0.2) is 0 Å². The first-order valence-electron chi connectivity index (χ1n) is 16.6. The average Bonchev–Trinajstić information content (AvgIpc) is 2.95. The van der Waals surface area contributed by atoms with Crippen LogP contribution in [0, 0.1) is 17.8 Å². The fourth-order valence-electron chi connectivity index (χ4n) is 4.59. The Labute approximate surface area is 298 Å². The van der Waals surface area contributed by atoms with Crippen molar-refractivity contribution in [2.45, 2.75) is 156 Å². The van der Waals surface area contributed by atoms with Crippen LogP contribution in [0.15, 0.2) is 0 Å². The molecule has 0 heterocycles. The first-order valence-corrected chi connectivity index (χ1v) is 18.5. The van der Waals surface area contributed by atoms with E-state index >= 15 is 0 Å². The van der Waals surface area contributed by atoms with E-state index in [9.17, 15) is 29.7 Å². The summed E-state index contributed by atoms with van der Waals surface area (Å²) >= 11 is 12.1. The second-order valence-corrected chi connectivity index (χ2v) is 12.5. The number of hydrogen-bond donors (Lipinski definition) is 3. The summed E-state index contributed by atoms with van der Waals surface area (Å²) in [6.07, 6.45) is 21.7. The molecule has 0 aromatic heterocycles. The van der Waals surface area contributed by atoms with Gasteiger partial charge in [-0.15, -0.1) is 0 Å². The summed E-state index contributed by atoms with van der Waals surface area (Å²) in [5, 5.41) is 32.0. The van der Waals surface area contributed by atoms with Crippen LogP contribution in [-0.2, 0) is 14.4 Å². The van der Waals surface area contributed by atoms with Crippen LogP contribution in [0.25, 0.3) is 0 Å². The van der Waals surface area contributed by atoms with Crippen molar-refractivity contribution in [3.8, 4) is 0 Å². The molecular formula is C33H63O6S3Sb. The van der Waals surface area contributed by atoms with Crippen LogP contribution in [0.3, 0.4) is 0 Å². The van der Waals surface area contributed by atoms with E-state index in [1.54, 1.807) is 0 Å². The van der Waals surface area contributed by atoms with E-state index in [2.05, 4.69) is 58.7 Å². The number of carboxylic acids is 3. The van der Waals surface area contributed by atoms with E-state index in [0.717, 1.165) is 57.8 Å². The summed E-state index contributed by atoms with van der Waals surface area (Å²) in [4.78, 5) is 32.0. The summed E-state index contributed by atoms with van der Waals surface area (Å²) in [5.41, 5.74) is 0. The summed E-state index contributed by atoms with van der Waals surface area (Å²) in [5.74, 6) is -1.68. The van der Waals surface area contributed by atoms with Crippen molar-refractivity contribution in [2.24, 2.45) is 17.8 Å². The molecule has 0 spiro atoms. The van der Waals surface area contributed by atoms with Crippen molar-refractivity contribution in [3.05, 3.63) is 0 Å². The van der Waals surface area contributed by atoms with Gasteiger partial charge in [-0.2, -0.15) is 37.9 Å². The van der Waals surface area contributed by atoms with Crippen LogP contribution >= 0.6 is 37.9 Å². The minimum absolute atomic E-state index is 0. The third-order valence-corrected chi connectivity index (χ3v) is 8.18. The number of hydrogen-bond acceptors (Lipinski definition) is 9. The van der Waals surface area contributed by atoms with Crippen LogP contribution in [0.4, 0.5) is 0 Å². The van der Waals surface area contributed by atoms with Gasteiger partial charge < -0.3 is 29.7 Å². The van der Waals surface area contributed by atoms with Gasteiger partial charge in [0.2, 0.25) is 0 Å². The van der Waals surface area contributed by atoms with E-state index in [1.165, 1.54) is 57.8 Å². The Morgan fingerprint density at radius 2 is 0.628 bits per heavy atom. The fourth-order valence-corrected chi connectivity index (χ4v) is 5.53. The molecule has 254 valence electrons. The maximum Gasteiger partial charge on any atom is 3.00 e. The molecule has 0 saturated carbocycles. The quantitative estimate of drug-likeness (QED) is 0.0559. The standard InChI is InChI=1S/3C11H22O2S.Sb/c3*1-2-3-4-5-6-7-10(8-9-14)11(12)13;/h3*10,14H,2-9H2,1H3,(H,12,13);/q;;;+3/p-3. The second kappa shape index (κ2) is 40.3. The third kappa shape index (κ3) is 38.4. The molecule has 3 unspecified atom stereocenters. The van der Waals surface area contributed by atoms with Gasteiger partial charge in [0.15, 0.2) is 0 Å². The van der Waals surface area contributed by atoms with Crippen LogP contribution in [0.2, 0.25) is 0 Å². The van der Waals surface area contributed by atoms with E-state index in [-0.39, 0.29) is 42.2 Å². The zero-order valence-electron chi connectivity index (χ0n) is 27.4. The van der Waals surface area contributed by atoms with Gasteiger partial charge in [-0.3, -0.25) is 0 Å². The number of unbranched alkanes of at least 4 members (excludes halogenated alkanes) is 12. The summed E-state index contributed by atoms with van der Waals surface area (Å²) in [6.45, 7) is 6.51. The zero-order chi connectivity index (χ0) is 32.4. The predicted molar refractivity (Wildman–Crippen MR) is 187 cm³/mol. The molecule has 0 amide bonds. The molecule has 0 aromatic rings. The molecule has 0 aliphatic rings. The first-order chi connectivity index (χ1) is 20.2. The number of carbonyl (C=O) groups excluding carboxylic acids is 3. The van der Waals surface area contributed by atoms with E-state index in [4.69, 9.17) is 0 Å². The Morgan fingerprint density at radius 3 is 0.791 bits per heavy atom. The Balaban J connectivity index is -0.000000262. The molecule has 0 fully saturated rings. The molecule has 0 N–H and O–H groups in total. The van der Waals surface area contributed by atoms with Crippen molar-refractivity contribution in [1.29, 1.82) is 0 Å². The number of carboxylic acid groups (broad SMARTS) is 3. The van der Waals surface area contributed by atoms with Gasteiger partial charge in [-0.05, 0) is 73.5 Å². The Morgan fingerprint density at radius 1 is 0.419 bits per heavy atom. The molecule has 0 rings (SSSR count). The minimum Gasteiger partial charge on any atom is -0.550 e. The molecule has 0 saturated heterocycles. The van der Waals surface area contributed by atoms with Crippen molar-refractivity contribution in [1.82, 2.24) is 0 Å². The Bertz CT molecular complexity index is 532. The molecular weight excluding hydrogens is 710 g/mol. The van der Waals surface area contributed by atoms with Crippen molar-refractivity contribution in [2.75, 3.05) is 17.3 Å². The number of thiol groups is 3. The van der Waals surface area contributed by atoms with E-state index in [1.807, 2.05) is 0 Å². The number of rotatable bonds is 27. The second-order valence-electron chi connectivity index (χ2n) is 11.2. The minimum atomic E-state index is -0.908. The van der Waals surface area contributed by atoms with Gasteiger partial charge in [0.1, 0.15) is 0 Å². The fraction of sp³-hybridized carbons (Fsp3) is 0.909. The molecule has 10 heteroatoms. The monoisotopic (exact) mass is 772 g/mol. The van der Waals surface area contributed by atoms with Gasteiger partial charge in [0, 0.05) is 17.9 Å². The topological polar surface area (TPSA) is 120 Å². The van der Waals surface area contributed by atoms with Crippen LogP contribution in [0.5, 0.6) is 0 Å². The molecule has 2 radical (unpaired) electrons. The first kappa shape index (κ1) is 50.1. The van der Waals surface area contributed by atoms with Crippen LogP contribution < -0.4 is 15.3 Å². The van der Waals surface area contributed by atoms with Crippen molar-refractivity contribution in [3.63, 3.8) is 0 Å². The number of aliphatic carboxylic acids is 3. The predicted octanol–water partition coefficient (Wildman–Crippen LogP) is 5.72. The largest absolute Gasteiger partial charge is 3.00 e. The summed E-state index contributed by atoms with van der Waals surface area (Å²) < 4.78 is 0.